The lowest BCUT2D eigenvalue weighted by atomic mass is 9.82. The van der Waals surface area contributed by atoms with Gasteiger partial charge < -0.3 is 10.1 Å². The first-order chi connectivity index (χ1) is 8.93. The average Bonchev–Trinajstić information content (AvgIpc) is 2.81. The molecule has 0 aliphatic rings. The van der Waals surface area contributed by atoms with Crippen LogP contribution in [0.2, 0.25) is 0 Å². The van der Waals surface area contributed by atoms with Crippen molar-refractivity contribution in [2.75, 3.05) is 13.7 Å². The Kier molecular flexibility index (Phi) is 6.01. The number of aromatic nitrogens is 2. The Morgan fingerprint density at radius 2 is 2.05 bits per heavy atom. The third kappa shape index (κ3) is 4.32. The van der Waals surface area contributed by atoms with Gasteiger partial charge in [0.15, 0.2) is 0 Å². The Labute approximate surface area is 117 Å². The van der Waals surface area contributed by atoms with E-state index < -0.39 is 0 Å². The second kappa shape index (κ2) is 7.06. The van der Waals surface area contributed by atoms with E-state index in [1.165, 1.54) is 5.56 Å². The zero-order valence-corrected chi connectivity index (χ0v) is 13.2. The monoisotopic (exact) mass is 267 g/mol. The van der Waals surface area contributed by atoms with E-state index in [2.05, 4.69) is 51.2 Å². The van der Waals surface area contributed by atoms with E-state index in [9.17, 15) is 0 Å². The summed E-state index contributed by atoms with van der Waals surface area (Å²) < 4.78 is 7.74. The van der Waals surface area contributed by atoms with Crippen LogP contribution in [0.1, 0.15) is 52.6 Å². The normalized spacial score (nSPS) is 15.5. The maximum Gasteiger partial charge on any atom is 0.0815 e. The first-order valence-electron chi connectivity index (χ1n) is 7.22. The first kappa shape index (κ1) is 16.2. The van der Waals surface area contributed by atoms with Gasteiger partial charge in [0.25, 0.3) is 0 Å². The molecule has 4 heteroatoms. The van der Waals surface area contributed by atoms with Crippen molar-refractivity contribution >= 4 is 0 Å². The topological polar surface area (TPSA) is 39.1 Å². The van der Waals surface area contributed by atoms with Crippen LogP contribution in [-0.4, -0.2) is 29.5 Å². The predicted molar refractivity (Wildman–Crippen MR) is 79.2 cm³/mol. The van der Waals surface area contributed by atoms with Crippen LogP contribution in [0, 0.1) is 5.41 Å². The highest BCUT2D eigenvalue weighted by atomic mass is 16.5. The van der Waals surface area contributed by atoms with Gasteiger partial charge in [-0.2, -0.15) is 5.10 Å². The quantitative estimate of drug-likeness (QED) is 0.825. The molecule has 0 saturated heterocycles. The molecule has 0 radical (unpaired) electrons. The highest BCUT2D eigenvalue weighted by Gasteiger charge is 2.33. The number of rotatable bonds is 7. The van der Waals surface area contributed by atoms with E-state index in [0.717, 1.165) is 19.5 Å². The summed E-state index contributed by atoms with van der Waals surface area (Å²) >= 11 is 0. The Hall–Kier alpha value is -0.870. The van der Waals surface area contributed by atoms with Crippen LogP contribution < -0.4 is 5.32 Å². The molecule has 19 heavy (non-hydrogen) atoms. The molecule has 0 amide bonds. The number of nitrogens with one attached hydrogen (secondary N) is 1. The molecule has 1 aromatic rings. The Bertz CT molecular complexity index is 368. The van der Waals surface area contributed by atoms with Crippen LogP contribution >= 0.6 is 0 Å². The molecule has 0 aliphatic heterocycles. The van der Waals surface area contributed by atoms with Crippen molar-refractivity contribution in [2.24, 2.45) is 5.41 Å². The summed E-state index contributed by atoms with van der Waals surface area (Å²) in [6.45, 7) is 12.8. The van der Waals surface area contributed by atoms with Crippen LogP contribution in [0.4, 0.5) is 0 Å². The van der Waals surface area contributed by atoms with Crippen molar-refractivity contribution in [3.8, 4) is 0 Å². The molecule has 2 unspecified atom stereocenters. The summed E-state index contributed by atoms with van der Waals surface area (Å²) in [7, 11) is 1.79. The largest absolute Gasteiger partial charge is 0.379 e. The van der Waals surface area contributed by atoms with Gasteiger partial charge in [-0.3, -0.25) is 4.68 Å². The van der Waals surface area contributed by atoms with E-state index >= 15 is 0 Å². The molecule has 1 aromatic heterocycles. The fourth-order valence-corrected chi connectivity index (χ4v) is 2.40. The van der Waals surface area contributed by atoms with Crippen molar-refractivity contribution in [2.45, 2.75) is 59.7 Å². The zero-order chi connectivity index (χ0) is 14.5. The summed E-state index contributed by atoms with van der Waals surface area (Å²) in [6, 6.07) is 0.185. The Morgan fingerprint density at radius 3 is 2.47 bits per heavy atom. The second-order valence-corrected chi connectivity index (χ2v) is 6.08. The molecule has 110 valence electrons. The molecule has 1 N–H and O–H groups in total. The van der Waals surface area contributed by atoms with Gasteiger partial charge in [-0.15, -0.1) is 0 Å². The lowest BCUT2D eigenvalue weighted by molar-refractivity contribution is -0.0119. The van der Waals surface area contributed by atoms with Crippen LogP contribution in [0.25, 0.3) is 0 Å². The summed E-state index contributed by atoms with van der Waals surface area (Å²) in [4.78, 5) is 0. The van der Waals surface area contributed by atoms with Crippen molar-refractivity contribution < 1.29 is 4.74 Å². The predicted octanol–water partition coefficient (Wildman–Crippen LogP) is 3.00. The summed E-state index contributed by atoms with van der Waals surface area (Å²) in [5.41, 5.74) is 1.28. The summed E-state index contributed by atoms with van der Waals surface area (Å²) in [6.07, 6.45) is 5.30. The minimum absolute atomic E-state index is 0.0778. The second-order valence-electron chi connectivity index (χ2n) is 6.08. The standard InChI is InChI=1S/C15H29N3O/c1-7-9-16-13(14(19-6)15(3,4)5)12-10-17-18(8-2)11-12/h10-11,13-14,16H,7-9H2,1-6H3. The van der Waals surface area contributed by atoms with Gasteiger partial charge in [-0.25, -0.2) is 0 Å². The highest BCUT2D eigenvalue weighted by Crippen LogP contribution is 2.32. The minimum Gasteiger partial charge on any atom is -0.379 e. The van der Waals surface area contributed by atoms with Crippen molar-refractivity contribution in [1.29, 1.82) is 0 Å². The Morgan fingerprint density at radius 1 is 1.37 bits per heavy atom. The Balaban J connectivity index is 2.98. The fourth-order valence-electron chi connectivity index (χ4n) is 2.40. The van der Waals surface area contributed by atoms with Crippen LogP contribution in [0.5, 0.6) is 0 Å². The maximum atomic E-state index is 5.77. The van der Waals surface area contributed by atoms with Crippen LogP contribution in [0.3, 0.4) is 0 Å². The van der Waals surface area contributed by atoms with Gasteiger partial charge in [-0.1, -0.05) is 27.7 Å². The molecule has 0 bridgehead atoms. The molecule has 0 aliphatic carbocycles. The maximum absolute atomic E-state index is 5.77. The molecule has 1 rings (SSSR count). The number of methoxy groups -OCH3 is 1. The lowest BCUT2D eigenvalue weighted by Gasteiger charge is -2.36. The minimum atomic E-state index is 0.0778. The van der Waals surface area contributed by atoms with E-state index in [-0.39, 0.29) is 17.6 Å². The number of aryl methyl sites for hydroxylation is 1. The number of hydrogen-bond acceptors (Lipinski definition) is 3. The third-order valence-corrected chi connectivity index (χ3v) is 3.36. The molecule has 4 nitrogen and oxygen atoms in total. The van der Waals surface area contributed by atoms with Gasteiger partial charge in [0.1, 0.15) is 0 Å². The highest BCUT2D eigenvalue weighted by molar-refractivity contribution is 5.14. The third-order valence-electron chi connectivity index (χ3n) is 3.36. The number of hydrogen-bond donors (Lipinski definition) is 1. The van der Waals surface area contributed by atoms with Crippen LogP contribution in [0.15, 0.2) is 12.4 Å². The molecule has 0 fully saturated rings. The van der Waals surface area contributed by atoms with Crippen LogP contribution in [-0.2, 0) is 11.3 Å². The van der Waals surface area contributed by atoms with Crippen molar-refractivity contribution in [3.05, 3.63) is 18.0 Å². The van der Waals surface area contributed by atoms with Gasteiger partial charge in [0.2, 0.25) is 0 Å². The summed E-state index contributed by atoms with van der Waals surface area (Å²) in [5.74, 6) is 0. The molecule has 2 atom stereocenters. The van der Waals surface area contributed by atoms with Crippen molar-refractivity contribution in [3.63, 3.8) is 0 Å². The lowest BCUT2D eigenvalue weighted by Crippen LogP contribution is -2.41. The van der Waals surface area contributed by atoms with E-state index in [4.69, 9.17) is 4.74 Å². The SMILES string of the molecule is CCCNC(c1cnn(CC)c1)C(OC)C(C)(C)C. The molecule has 0 aromatic carbocycles. The fraction of sp³-hybridized carbons (Fsp3) is 0.800. The molecular weight excluding hydrogens is 238 g/mol. The molecule has 0 saturated carbocycles. The molecule has 1 heterocycles. The van der Waals surface area contributed by atoms with Gasteiger partial charge in [0.05, 0.1) is 18.3 Å². The van der Waals surface area contributed by atoms with E-state index in [0.29, 0.717) is 0 Å². The average molecular weight is 267 g/mol. The number of ether oxygens (including phenoxy) is 1. The summed E-state index contributed by atoms with van der Waals surface area (Å²) in [5, 5.41) is 7.99. The van der Waals surface area contributed by atoms with Gasteiger partial charge >= 0.3 is 0 Å². The van der Waals surface area contributed by atoms with E-state index in [1.807, 2.05) is 10.9 Å². The van der Waals surface area contributed by atoms with Gasteiger partial charge in [-0.05, 0) is 25.3 Å². The number of nitrogens with zero attached hydrogens (tertiary/aromatic N) is 2. The van der Waals surface area contributed by atoms with E-state index in [1.54, 1.807) is 7.11 Å². The molecule has 0 spiro atoms. The smallest absolute Gasteiger partial charge is 0.0815 e. The zero-order valence-electron chi connectivity index (χ0n) is 13.2. The van der Waals surface area contributed by atoms with Gasteiger partial charge in [0, 0.05) is 25.4 Å². The first-order valence-corrected chi connectivity index (χ1v) is 7.22. The molecular formula is C15H29N3O. The van der Waals surface area contributed by atoms with Crippen molar-refractivity contribution in [1.82, 2.24) is 15.1 Å².